The van der Waals surface area contributed by atoms with Crippen molar-refractivity contribution in [2.75, 3.05) is 0 Å². The zero-order chi connectivity index (χ0) is 13.3. The van der Waals surface area contributed by atoms with Crippen molar-refractivity contribution in [1.29, 1.82) is 0 Å². The van der Waals surface area contributed by atoms with Gasteiger partial charge in [-0.2, -0.15) is 0 Å². The Kier molecular flexibility index (Phi) is 16.5. The van der Waals surface area contributed by atoms with Crippen LogP contribution in [0.1, 0.15) is 103 Å². The summed E-state index contributed by atoms with van der Waals surface area (Å²) in [5.74, 6) is 0. The molecule has 0 N–H and O–H groups in total. The van der Waals surface area contributed by atoms with E-state index in [0.717, 1.165) is 0 Å². The lowest BCUT2D eigenvalue weighted by molar-refractivity contribution is 0.504. The molecule has 0 heteroatoms. The summed E-state index contributed by atoms with van der Waals surface area (Å²) in [6, 6.07) is 0. The Morgan fingerprint density at radius 2 is 1.06 bits per heavy atom. The van der Waals surface area contributed by atoms with Gasteiger partial charge in [-0.1, -0.05) is 96.5 Å². The maximum Gasteiger partial charge on any atom is -0.0353 e. The van der Waals surface area contributed by atoms with Crippen LogP contribution in [0.15, 0.2) is 12.7 Å². The zero-order valence-corrected chi connectivity index (χ0v) is 12.9. The Hall–Kier alpha value is -0.260. The minimum Gasteiger partial charge on any atom is -0.103 e. The first kappa shape index (κ1) is 17.7. The maximum atomic E-state index is 3.72. The smallest absolute Gasteiger partial charge is 0.0353 e. The zero-order valence-electron chi connectivity index (χ0n) is 12.9. The van der Waals surface area contributed by atoms with Crippen LogP contribution in [0.2, 0.25) is 0 Å². The van der Waals surface area contributed by atoms with Crippen molar-refractivity contribution in [3.05, 3.63) is 12.7 Å². The molecule has 1 aliphatic carbocycles. The summed E-state index contributed by atoms with van der Waals surface area (Å²) in [5, 5.41) is 0. The van der Waals surface area contributed by atoms with Gasteiger partial charge in [0, 0.05) is 0 Å². The van der Waals surface area contributed by atoms with Crippen LogP contribution in [-0.2, 0) is 0 Å². The van der Waals surface area contributed by atoms with Gasteiger partial charge in [0.15, 0.2) is 0 Å². The molecule has 0 spiro atoms. The minimum absolute atomic E-state index is 1.20. The Balaban J connectivity index is 0.000000397. The lowest BCUT2D eigenvalue weighted by atomic mass is 10.0. The molecule has 0 aliphatic heterocycles. The third kappa shape index (κ3) is 15.7. The Morgan fingerprint density at radius 3 is 1.44 bits per heavy atom. The molecule has 1 fully saturated rings. The molecular weight excluding hydrogens is 216 g/mol. The molecule has 0 atom stereocenters. The normalized spacial score (nSPS) is 14.7. The van der Waals surface area contributed by atoms with Gasteiger partial charge < -0.3 is 0 Å². The lowest BCUT2D eigenvalue weighted by Crippen LogP contribution is -1.85. The van der Waals surface area contributed by atoms with Crippen molar-refractivity contribution in [2.24, 2.45) is 0 Å². The van der Waals surface area contributed by atoms with Crippen molar-refractivity contribution in [2.45, 2.75) is 103 Å². The first-order valence-electron chi connectivity index (χ1n) is 8.52. The summed E-state index contributed by atoms with van der Waals surface area (Å²) < 4.78 is 0. The van der Waals surface area contributed by atoms with E-state index in [1.165, 1.54) is 96.3 Å². The molecule has 0 aromatic carbocycles. The van der Waals surface area contributed by atoms with E-state index < -0.39 is 0 Å². The van der Waals surface area contributed by atoms with Crippen molar-refractivity contribution >= 4 is 0 Å². The van der Waals surface area contributed by atoms with Gasteiger partial charge in [0.05, 0.1) is 0 Å². The fourth-order valence-electron chi connectivity index (χ4n) is 2.48. The summed E-state index contributed by atoms with van der Waals surface area (Å²) in [5.41, 5.74) is 0. The van der Waals surface area contributed by atoms with Gasteiger partial charge in [-0.25, -0.2) is 0 Å². The molecule has 0 radical (unpaired) electrons. The van der Waals surface area contributed by atoms with Crippen molar-refractivity contribution in [3.8, 4) is 0 Å². The van der Waals surface area contributed by atoms with Crippen LogP contribution in [-0.4, -0.2) is 0 Å². The third-order valence-electron chi connectivity index (χ3n) is 3.76. The number of hydrogen-bond donors (Lipinski definition) is 0. The third-order valence-corrected chi connectivity index (χ3v) is 3.76. The highest BCUT2D eigenvalue weighted by Crippen LogP contribution is 2.15. The lowest BCUT2D eigenvalue weighted by Gasteiger charge is -2.05. The molecule has 0 aromatic heterocycles. The highest BCUT2D eigenvalue weighted by Gasteiger charge is 1.95. The van der Waals surface area contributed by atoms with Crippen LogP contribution in [0.3, 0.4) is 0 Å². The Bertz CT molecular complexity index is 133. The number of hydrogen-bond acceptors (Lipinski definition) is 0. The highest BCUT2D eigenvalue weighted by atomic mass is 14.0. The monoisotopic (exact) mass is 252 g/mol. The van der Waals surface area contributed by atoms with E-state index >= 15 is 0 Å². The van der Waals surface area contributed by atoms with E-state index in [0.29, 0.717) is 0 Å². The van der Waals surface area contributed by atoms with E-state index in [9.17, 15) is 0 Å². The molecule has 0 saturated heterocycles. The van der Waals surface area contributed by atoms with Gasteiger partial charge in [-0.05, 0) is 12.8 Å². The number of unbranched alkanes of at least 4 members (excludes halogenated alkanes) is 8. The molecule has 1 rings (SSSR count). The van der Waals surface area contributed by atoms with Gasteiger partial charge in [0.25, 0.3) is 0 Å². The topological polar surface area (TPSA) is 0 Å². The molecular formula is C18H36. The predicted octanol–water partition coefficient (Wildman–Crippen LogP) is 7.04. The average Bonchev–Trinajstić information content (AvgIpc) is 2.44. The number of allylic oxidation sites excluding steroid dienone is 1. The van der Waals surface area contributed by atoms with Crippen LogP contribution in [0.25, 0.3) is 0 Å². The summed E-state index contributed by atoms with van der Waals surface area (Å²) in [6.07, 6.45) is 23.5. The van der Waals surface area contributed by atoms with Gasteiger partial charge in [-0.3, -0.25) is 0 Å². The van der Waals surface area contributed by atoms with Crippen molar-refractivity contribution in [3.63, 3.8) is 0 Å². The standard InChI is InChI=1S/C12H24.C6H12/c1-3-5-7-9-11-12-10-8-6-4-2;1-2-4-6-5-3-1/h3H,1,4-12H2,2H3;1-6H2. The molecule has 18 heavy (non-hydrogen) atoms. The second kappa shape index (κ2) is 16.7. The van der Waals surface area contributed by atoms with Gasteiger partial charge >= 0.3 is 0 Å². The van der Waals surface area contributed by atoms with Crippen LogP contribution in [0.4, 0.5) is 0 Å². The molecule has 0 amide bonds. The van der Waals surface area contributed by atoms with Gasteiger partial charge in [0.2, 0.25) is 0 Å². The average molecular weight is 252 g/mol. The van der Waals surface area contributed by atoms with E-state index in [1.54, 1.807) is 0 Å². The predicted molar refractivity (Wildman–Crippen MR) is 85.1 cm³/mol. The fourth-order valence-corrected chi connectivity index (χ4v) is 2.48. The fraction of sp³-hybridized carbons (Fsp3) is 0.889. The van der Waals surface area contributed by atoms with Crippen molar-refractivity contribution in [1.82, 2.24) is 0 Å². The van der Waals surface area contributed by atoms with Crippen molar-refractivity contribution < 1.29 is 0 Å². The summed E-state index contributed by atoms with van der Waals surface area (Å²) in [7, 11) is 0. The minimum atomic E-state index is 1.20. The Labute approximate surface area is 116 Å². The summed E-state index contributed by atoms with van der Waals surface area (Å²) in [4.78, 5) is 0. The highest BCUT2D eigenvalue weighted by molar-refractivity contribution is 4.65. The number of rotatable bonds is 9. The molecule has 0 bridgehead atoms. The van der Waals surface area contributed by atoms with E-state index in [4.69, 9.17) is 0 Å². The van der Waals surface area contributed by atoms with Gasteiger partial charge in [0.1, 0.15) is 0 Å². The van der Waals surface area contributed by atoms with Crippen LogP contribution in [0.5, 0.6) is 0 Å². The first-order chi connectivity index (χ1) is 8.91. The maximum absolute atomic E-state index is 3.72. The van der Waals surface area contributed by atoms with Crippen LogP contribution >= 0.6 is 0 Å². The molecule has 1 aliphatic rings. The molecule has 1 saturated carbocycles. The first-order valence-corrected chi connectivity index (χ1v) is 8.52. The van der Waals surface area contributed by atoms with Crippen LogP contribution < -0.4 is 0 Å². The Morgan fingerprint density at radius 1 is 0.667 bits per heavy atom. The molecule has 0 aromatic rings. The van der Waals surface area contributed by atoms with E-state index in [1.807, 2.05) is 6.08 Å². The largest absolute Gasteiger partial charge is 0.103 e. The second-order valence-corrected chi connectivity index (χ2v) is 5.67. The molecule has 108 valence electrons. The van der Waals surface area contributed by atoms with Gasteiger partial charge in [-0.15, -0.1) is 6.58 Å². The molecule has 0 nitrogen and oxygen atoms in total. The SMILES string of the molecule is C1CCCCC1.C=CCCCCCCCCCC. The quantitative estimate of drug-likeness (QED) is 0.305. The molecule has 0 heterocycles. The second-order valence-electron chi connectivity index (χ2n) is 5.67. The summed E-state index contributed by atoms with van der Waals surface area (Å²) in [6.45, 7) is 5.99. The van der Waals surface area contributed by atoms with Crippen LogP contribution in [0, 0.1) is 0 Å². The summed E-state index contributed by atoms with van der Waals surface area (Å²) >= 11 is 0. The molecule has 0 unspecified atom stereocenters. The van der Waals surface area contributed by atoms with E-state index in [-0.39, 0.29) is 0 Å². The van der Waals surface area contributed by atoms with E-state index in [2.05, 4.69) is 13.5 Å².